The van der Waals surface area contributed by atoms with Gasteiger partial charge in [-0.3, -0.25) is 0 Å². The van der Waals surface area contributed by atoms with Gasteiger partial charge in [-0.25, -0.2) is 4.98 Å². The van der Waals surface area contributed by atoms with Crippen LogP contribution in [0.4, 0.5) is 4.39 Å². The Balaban J connectivity index is 3.17. The topological polar surface area (TPSA) is 12.9 Å². The lowest BCUT2D eigenvalue weighted by molar-refractivity contribution is 0.580. The van der Waals surface area contributed by atoms with E-state index in [2.05, 4.69) is 17.6 Å². The summed E-state index contributed by atoms with van der Waals surface area (Å²) in [5.74, 6) is -0.461. The van der Waals surface area contributed by atoms with Crippen molar-refractivity contribution in [2.24, 2.45) is 0 Å². The van der Waals surface area contributed by atoms with E-state index in [0.29, 0.717) is 4.90 Å². The molecule has 1 aromatic rings. The van der Waals surface area contributed by atoms with E-state index in [1.807, 2.05) is 22.6 Å². The molecular formula is C5H3FINS. The first-order valence-corrected chi connectivity index (χ1v) is 3.73. The maximum absolute atomic E-state index is 12.2. The van der Waals surface area contributed by atoms with Gasteiger partial charge >= 0.3 is 0 Å². The molecule has 0 bridgehead atoms. The van der Waals surface area contributed by atoms with Crippen LogP contribution in [0, 0.1) is 9.52 Å². The van der Waals surface area contributed by atoms with Gasteiger partial charge < -0.3 is 0 Å². The summed E-state index contributed by atoms with van der Waals surface area (Å²) in [5, 5.41) is 0. The van der Waals surface area contributed by atoms with Gasteiger partial charge in [0.15, 0.2) is 0 Å². The summed E-state index contributed by atoms with van der Waals surface area (Å²) in [6.45, 7) is 0. The summed E-state index contributed by atoms with van der Waals surface area (Å²) < 4.78 is 13.0. The fraction of sp³-hybridized carbons (Fsp3) is 0. The summed E-state index contributed by atoms with van der Waals surface area (Å²) in [7, 11) is 0. The lowest BCUT2D eigenvalue weighted by Crippen LogP contribution is -1.83. The Morgan fingerprint density at radius 1 is 1.67 bits per heavy atom. The average molecular weight is 255 g/mol. The van der Waals surface area contributed by atoms with Crippen molar-refractivity contribution in [1.29, 1.82) is 0 Å². The van der Waals surface area contributed by atoms with E-state index in [-0.39, 0.29) is 0 Å². The molecule has 0 atom stereocenters. The standard InChI is InChI=1S/C5H3FINS/c6-5-1-3(7)4(9)2-8-5/h1-2,9H. The number of aromatic nitrogens is 1. The Morgan fingerprint density at radius 3 is 2.78 bits per heavy atom. The van der Waals surface area contributed by atoms with E-state index in [9.17, 15) is 4.39 Å². The molecule has 1 nitrogen and oxygen atoms in total. The van der Waals surface area contributed by atoms with Crippen molar-refractivity contribution in [3.05, 3.63) is 21.8 Å². The molecule has 1 heterocycles. The maximum atomic E-state index is 12.2. The van der Waals surface area contributed by atoms with Gasteiger partial charge in [-0.05, 0) is 22.6 Å². The van der Waals surface area contributed by atoms with Crippen molar-refractivity contribution in [2.75, 3.05) is 0 Å². The summed E-state index contributed by atoms with van der Waals surface area (Å²) in [5.41, 5.74) is 0. The minimum Gasteiger partial charge on any atom is -0.227 e. The number of rotatable bonds is 0. The largest absolute Gasteiger partial charge is 0.227 e. The maximum Gasteiger partial charge on any atom is 0.213 e. The zero-order valence-electron chi connectivity index (χ0n) is 4.31. The highest BCUT2D eigenvalue weighted by Crippen LogP contribution is 2.14. The summed E-state index contributed by atoms with van der Waals surface area (Å²) in [6, 6.07) is 1.34. The van der Waals surface area contributed by atoms with E-state index in [0.717, 1.165) is 3.57 Å². The predicted octanol–water partition coefficient (Wildman–Crippen LogP) is 2.11. The molecule has 4 heteroatoms. The van der Waals surface area contributed by atoms with Crippen LogP contribution in [0.2, 0.25) is 0 Å². The molecule has 0 N–H and O–H groups in total. The van der Waals surface area contributed by atoms with Gasteiger partial charge in [0, 0.05) is 20.7 Å². The van der Waals surface area contributed by atoms with Crippen molar-refractivity contribution in [3.63, 3.8) is 0 Å². The summed E-state index contributed by atoms with van der Waals surface area (Å²) in [6.07, 6.45) is 1.39. The molecule has 0 aliphatic heterocycles. The molecule has 0 saturated carbocycles. The van der Waals surface area contributed by atoms with Crippen molar-refractivity contribution >= 4 is 35.2 Å². The molecule has 0 spiro atoms. The summed E-state index contributed by atoms with van der Waals surface area (Å²) >= 11 is 6.00. The third kappa shape index (κ3) is 1.79. The minimum absolute atomic E-state index is 0.461. The van der Waals surface area contributed by atoms with Crippen LogP contribution in [0.1, 0.15) is 0 Å². The highest BCUT2D eigenvalue weighted by Gasteiger charge is 1.95. The molecule has 0 aromatic carbocycles. The Bertz CT molecular complexity index is 228. The van der Waals surface area contributed by atoms with Gasteiger partial charge in [0.2, 0.25) is 5.95 Å². The van der Waals surface area contributed by atoms with Gasteiger partial charge in [-0.1, -0.05) is 0 Å². The van der Waals surface area contributed by atoms with Crippen LogP contribution in [0.5, 0.6) is 0 Å². The van der Waals surface area contributed by atoms with Crippen LogP contribution < -0.4 is 0 Å². The Kier molecular flexibility index (Phi) is 2.29. The molecule has 0 radical (unpaired) electrons. The molecule has 0 saturated heterocycles. The molecule has 0 fully saturated rings. The zero-order chi connectivity index (χ0) is 6.85. The molecule has 48 valence electrons. The van der Waals surface area contributed by atoms with Crippen LogP contribution in [0.3, 0.4) is 0 Å². The van der Waals surface area contributed by atoms with E-state index < -0.39 is 5.95 Å². The van der Waals surface area contributed by atoms with Crippen LogP contribution in [-0.2, 0) is 0 Å². The first-order chi connectivity index (χ1) is 4.20. The van der Waals surface area contributed by atoms with Crippen LogP contribution in [0.25, 0.3) is 0 Å². The van der Waals surface area contributed by atoms with Crippen LogP contribution in [-0.4, -0.2) is 4.98 Å². The van der Waals surface area contributed by atoms with Crippen molar-refractivity contribution < 1.29 is 4.39 Å². The fourth-order valence-corrected chi connectivity index (χ4v) is 0.919. The Morgan fingerprint density at radius 2 is 2.33 bits per heavy atom. The first-order valence-electron chi connectivity index (χ1n) is 2.20. The van der Waals surface area contributed by atoms with Crippen LogP contribution in [0.15, 0.2) is 17.2 Å². The van der Waals surface area contributed by atoms with Gasteiger partial charge in [0.1, 0.15) is 0 Å². The molecule has 1 rings (SSSR count). The van der Waals surface area contributed by atoms with Crippen molar-refractivity contribution in [3.8, 4) is 0 Å². The van der Waals surface area contributed by atoms with Gasteiger partial charge in [0.05, 0.1) is 0 Å². The molecule has 0 unspecified atom stereocenters. The average Bonchev–Trinajstić information content (AvgIpc) is 1.80. The second kappa shape index (κ2) is 2.83. The smallest absolute Gasteiger partial charge is 0.213 e. The van der Waals surface area contributed by atoms with E-state index in [4.69, 9.17) is 0 Å². The Labute approximate surface area is 71.2 Å². The quantitative estimate of drug-likeness (QED) is 0.425. The zero-order valence-corrected chi connectivity index (χ0v) is 7.36. The van der Waals surface area contributed by atoms with Gasteiger partial charge in [0.25, 0.3) is 0 Å². The molecule has 1 aromatic heterocycles. The number of hydrogen-bond acceptors (Lipinski definition) is 2. The monoisotopic (exact) mass is 255 g/mol. The second-order valence-corrected chi connectivity index (χ2v) is 3.10. The van der Waals surface area contributed by atoms with Crippen molar-refractivity contribution in [1.82, 2.24) is 4.98 Å². The minimum atomic E-state index is -0.461. The number of halogens is 2. The van der Waals surface area contributed by atoms with Crippen LogP contribution >= 0.6 is 35.2 Å². The van der Waals surface area contributed by atoms with E-state index >= 15 is 0 Å². The van der Waals surface area contributed by atoms with Crippen molar-refractivity contribution in [2.45, 2.75) is 4.90 Å². The molecule has 0 aliphatic carbocycles. The number of hydrogen-bond donors (Lipinski definition) is 1. The van der Waals surface area contributed by atoms with E-state index in [1.165, 1.54) is 12.3 Å². The van der Waals surface area contributed by atoms with E-state index in [1.54, 1.807) is 0 Å². The predicted molar refractivity (Wildman–Crippen MR) is 44.2 cm³/mol. The molecule has 0 amide bonds. The SMILES string of the molecule is Fc1cc(I)c(S)cn1. The molecule has 0 aliphatic rings. The number of pyridine rings is 1. The Hall–Kier alpha value is 0.160. The molecular weight excluding hydrogens is 252 g/mol. The second-order valence-electron chi connectivity index (χ2n) is 1.46. The lowest BCUT2D eigenvalue weighted by Gasteiger charge is -1.92. The number of thiol groups is 1. The van der Waals surface area contributed by atoms with Gasteiger partial charge in [-0.15, -0.1) is 12.6 Å². The first kappa shape index (κ1) is 7.27. The lowest BCUT2D eigenvalue weighted by atomic mass is 10.5. The molecule has 9 heavy (non-hydrogen) atoms. The highest BCUT2D eigenvalue weighted by molar-refractivity contribution is 14.1. The third-order valence-electron chi connectivity index (χ3n) is 0.801. The normalized spacial score (nSPS) is 9.67. The summed E-state index contributed by atoms with van der Waals surface area (Å²) in [4.78, 5) is 4.10. The fourth-order valence-electron chi connectivity index (χ4n) is 0.400. The highest BCUT2D eigenvalue weighted by atomic mass is 127. The number of nitrogens with zero attached hydrogens (tertiary/aromatic N) is 1. The van der Waals surface area contributed by atoms with Gasteiger partial charge in [-0.2, -0.15) is 4.39 Å². The third-order valence-corrected chi connectivity index (χ3v) is 2.48.